The fourth-order valence-corrected chi connectivity index (χ4v) is 1.89. The molecule has 0 saturated carbocycles. The molecule has 0 aromatic heterocycles. The second-order valence-electron chi connectivity index (χ2n) is 5.48. The molecule has 0 heterocycles. The molecule has 0 aliphatic rings. The minimum Gasteiger partial charge on any atom is -0.481 e. The van der Waals surface area contributed by atoms with Crippen molar-refractivity contribution >= 4 is 35.8 Å². The fraction of sp³-hybridized carbons (Fsp3) is 0.600. The first-order valence-electron chi connectivity index (χ1n) is 7.37. The van der Waals surface area contributed by atoms with Crippen LogP contribution in [0.25, 0.3) is 0 Å². The molecule has 0 aromatic rings. The predicted octanol–water partition coefficient (Wildman–Crippen LogP) is -1.37. The molecule has 0 rings (SSSR count). The van der Waals surface area contributed by atoms with E-state index in [1.54, 1.807) is 0 Å². The van der Waals surface area contributed by atoms with Crippen LogP contribution in [0.5, 0.6) is 0 Å². The average Bonchev–Trinajstić information content (AvgIpc) is 2.50. The maximum atomic E-state index is 10.3. The summed E-state index contributed by atoms with van der Waals surface area (Å²) in [5.74, 6) is -11.3. The molecule has 0 radical (unpaired) electrons. The van der Waals surface area contributed by atoms with Crippen molar-refractivity contribution in [2.24, 2.45) is 11.8 Å². The van der Waals surface area contributed by atoms with Crippen LogP contribution in [-0.4, -0.2) is 88.9 Å². The lowest BCUT2D eigenvalue weighted by Crippen LogP contribution is -2.32. The average molecular weight is 428 g/mol. The molecule has 14 heteroatoms. The Hall–Kier alpha value is -3.26. The predicted molar refractivity (Wildman–Crippen MR) is 90.0 cm³/mol. The summed E-state index contributed by atoms with van der Waals surface area (Å²) in [5, 5.41) is 67.9. The highest BCUT2D eigenvalue weighted by atomic mass is 16.4. The molecule has 0 aromatic carbocycles. The molecule has 14 nitrogen and oxygen atoms in total. The Bertz CT molecular complexity index is 514. The van der Waals surface area contributed by atoms with Gasteiger partial charge in [0.05, 0.1) is 25.7 Å². The van der Waals surface area contributed by atoms with E-state index < -0.39 is 85.5 Å². The summed E-state index contributed by atoms with van der Waals surface area (Å²) in [6, 6.07) is 0. The summed E-state index contributed by atoms with van der Waals surface area (Å²) < 4.78 is 0. The van der Waals surface area contributed by atoms with Crippen molar-refractivity contribution in [1.29, 1.82) is 0 Å². The standard InChI is InChI=1S/2C7H10O7.CH4/c2*8-4(9)1-3(2-5(10)11)6(12)7(13)14;/h2*3,6,12H,1-2H2,(H,8,9)(H,10,11)(H,13,14);1H4. The lowest BCUT2D eigenvalue weighted by Gasteiger charge is -2.15. The lowest BCUT2D eigenvalue weighted by molar-refractivity contribution is -0.155. The third-order valence-corrected chi connectivity index (χ3v) is 3.15. The number of hydrogen-bond donors (Lipinski definition) is 8. The third kappa shape index (κ3) is 15.5. The first kappa shape index (κ1) is 30.5. The summed E-state index contributed by atoms with van der Waals surface area (Å²) in [7, 11) is 0. The highest BCUT2D eigenvalue weighted by molar-refractivity contribution is 5.77. The van der Waals surface area contributed by atoms with Crippen LogP contribution in [0, 0.1) is 11.8 Å². The molecule has 29 heavy (non-hydrogen) atoms. The molecular weight excluding hydrogens is 404 g/mol. The Morgan fingerprint density at radius 2 is 0.655 bits per heavy atom. The van der Waals surface area contributed by atoms with Crippen LogP contribution in [0.1, 0.15) is 33.1 Å². The molecule has 168 valence electrons. The van der Waals surface area contributed by atoms with Gasteiger partial charge < -0.3 is 40.9 Å². The van der Waals surface area contributed by atoms with E-state index in [1.165, 1.54) is 0 Å². The second kappa shape index (κ2) is 14.8. The smallest absolute Gasteiger partial charge is 0.332 e. The molecule has 0 fully saturated rings. The number of carboxylic acids is 6. The molecule has 0 bridgehead atoms. The van der Waals surface area contributed by atoms with E-state index in [1.807, 2.05) is 0 Å². The summed E-state index contributed by atoms with van der Waals surface area (Å²) in [5.41, 5.74) is 0. The maximum absolute atomic E-state index is 10.3. The van der Waals surface area contributed by atoms with Gasteiger partial charge in [0.1, 0.15) is 0 Å². The van der Waals surface area contributed by atoms with Gasteiger partial charge in [-0.1, -0.05) is 7.43 Å². The highest BCUT2D eigenvalue weighted by Gasteiger charge is 2.30. The number of aliphatic hydroxyl groups excluding tert-OH is 2. The Labute approximate surface area is 163 Å². The molecule has 0 aliphatic carbocycles. The van der Waals surface area contributed by atoms with Crippen LogP contribution in [0.2, 0.25) is 0 Å². The van der Waals surface area contributed by atoms with Crippen LogP contribution in [0.3, 0.4) is 0 Å². The summed E-state index contributed by atoms with van der Waals surface area (Å²) in [6.07, 6.45) is -6.72. The number of hydrogen-bond acceptors (Lipinski definition) is 8. The number of aliphatic carboxylic acids is 6. The molecule has 2 unspecified atom stereocenters. The van der Waals surface area contributed by atoms with E-state index in [0.29, 0.717) is 0 Å². The van der Waals surface area contributed by atoms with Crippen LogP contribution in [-0.2, 0) is 28.8 Å². The van der Waals surface area contributed by atoms with Gasteiger partial charge >= 0.3 is 35.8 Å². The Balaban J connectivity index is -0.000000451. The fourth-order valence-electron chi connectivity index (χ4n) is 1.89. The van der Waals surface area contributed by atoms with E-state index in [9.17, 15) is 28.8 Å². The van der Waals surface area contributed by atoms with Crippen LogP contribution >= 0.6 is 0 Å². The van der Waals surface area contributed by atoms with Gasteiger partial charge in [-0.3, -0.25) is 19.2 Å². The van der Waals surface area contributed by atoms with E-state index in [4.69, 9.17) is 40.9 Å². The van der Waals surface area contributed by atoms with Gasteiger partial charge in [-0.25, -0.2) is 9.59 Å². The van der Waals surface area contributed by atoms with E-state index >= 15 is 0 Å². The zero-order chi connectivity index (χ0) is 22.6. The van der Waals surface area contributed by atoms with Gasteiger partial charge in [0, 0.05) is 11.8 Å². The number of carboxylic acid groups (broad SMARTS) is 6. The number of carbonyl (C=O) groups is 6. The quantitative estimate of drug-likeness (QED) is 0.178. The third-order valence-electron chi connectivity index (χ3n) is 3.15. The first-order chi connectivity index (χ1) is 12.7. The van der Waals surface area contributed by atoms with Crippen molar-refractivity contribution in [3.63, 3.8) is 0 Å². The van der Waals surface area contributed by atoms with E-state index in [-0.39, 0.29) is 7.43 Å². The Morgan fingerprint density at radius 3 is 0.759 bits per heavy atom. The highest BCUT2D eigenvalue weighted by Crippen LogP contribution is 2.15. The first-order valence-corrected chi connectivity index (χ1v) is 7.37. The summed E-state index contributed by atoms with van der Waals surface area (Å²) in [4.78, 5) is 61.4. The van der Waals surface area contributed by atoms with E-state index in [2.05, 4.69) is 0 Å². The van der Waals surface area contributed by atoms with Crippen molar-refractivity contribution in [2.75, 3.05) is 0 Å². The van der Waals surface area contributed by atoms with Crippen molar-refractivity contribution in [3.8, 4) is 0 Å². The molecular formula is C15H24O14. The molecule has 0 saturated heterocycles. The Morgan fingerprint density at radius 1 is 0.483 bits per heavy atom. The second-order valence-corrected chi connectivity index (χ2v) is 5.48. The van der Waals surface area contributed by atoms with Gasteiger partial charge in [0.25, 0.3) is 0 Å². The lowest BCUT2D eigenvalue weighted by atomic mass is 9.95. The van der Waals surface area contributed by atoms with E-state index in [0.717, 1.165) is 0 Å². The van der Waals surface area contributed by atoms with Crippen LogP contribution < -0.4 is 0 Å². The summed E-state index contributed by atoms with van der Waals surface area (Å²) >= 11 is 0. The van der Waals surface area contributed by atoms with Gasteiger partial charge in [0.15, 0.2) is 12.2 Å². The van der Waals surface area contributed by atoms with Gasteiger partial charge in [-0.05, 0) is 0 Å². The van der Waals surface area contributed by atoms with Crippen molar-refractivity contribution in [1.82, 2.24) is 0 Å². The monoisotopic (exact) mass is 428 g/mol. The maximum Gasteiger partial charge on any atom is 0.332 e. The topological polar surface area (TPSA) is 264 Å². The minimum atomic E-state index is -1.97. The molecule has 8 N–H and O–H groups in total. The molecule has 2 atom stereocenters. The van der Waals surface area contributed by atoms with Crippen molar-refractivity contribution in [3.05, 3.63) is 0 Å². The van der Waals surface area contributed by atoms with Gasteiger partial charge in [-0.2, -0.15) is 0 Å². The van der Waals surface area contributed by atoms with Gasteiger partial charge in [-0.15, -0.1) is 0 Å². The number of rotatable bonds is 12. The zero-order valence-electron chi connectivity index (χ0n) is 14.2. The summed E-state index contributed by atoms with van der Waals surface area (Å²) in [6.45, 7) is 0. The van der Waals surface area contributed by atoms with Gasteiger partial charge in [0.2, 0.25) is 0 Å². The SMILES string of the molecule is C.O=C(O)CC(CC(=O)O)C(O)C(=O)O.O=C(O)CC(CC(=O)O)C(O)C(=O)O. The minimum absolute atomic E-state index is 0. The zero-order valence-corrected chi connectivity index (χ0v) is 14.2. The molecule has 0 amide bonds. The number of aliphatic hydroxyl groups is 2. The van der Waals surface area contributed by atoms with Crippen molar-refractivity contribution in [2.45, 2.75) is 45.3 Å². The van der Waals surface area contributed by atoms with Crippen LogP contribution in [0.15, 0.2) is 0 Å². The molecule has 0 aliphatic heterocycles. The Kier molecular flexibility index (Phi) is 15.5. The normalized spacial score (nSPS) is 12.0. The van der Waals surface area contributed by atoms with Crippen LogP contribution in [0.4, 0.5) is 0 Å². The van der Waals surface area contributed by atoms with Crippen molar-refractivity contribution < 1.29 is 69.6 Å². The largest absolute Gasteiger partial charge is 0.481 e. The molecule has 0 spiro atoms.